The average molecular weight is 289 g/mol. The highest BCUT2D eigenvalue weighted by Crippen LogP contribution is 2.31. The van der Waals surface area contributed by atoms with Crippen molar-refractivity contribution in [1.29, 1.82) is 5.41 Å². The second kappa shape index (κ2) is 5.58. The highest BCUT2D eigenvalue weighted by Gasteiger charge is 2.17. The van der Waals surface area contributed by atoms with E-state index in [9.17, 15) is 14.5 Å². The Morgan fingerprint density at radius 1 is 1.33 bits per heavy atom. The maximum atomic E-state index is 13.9. The first-order valence-corrected chi connectivity index (χ1v) is 5.96. The maximum absolute atomic E-state index is 13.9. The number of nitrogens with two attached hydrogens (primary N) is 1. The normalized spacial score (nSPS) is 10.2. The van der Waals surface area contributed by atoms with Crippen LogP contribution in [0.5, 0.6) is 11.5 Å². The standard InChI is InChI=1S/C14H12FN3O3/c1-8-6-13(10(15)7-11(8)18(19)20)21-12-5-3-2-4-9(12)14(16)17/h2-7H,1H3,(H3,16,17). The first-order chi connectivity index (χ1) is 9.90. The molecule has 0 saturated carbocycles. The summed E-state index contributed by atoms with van der Waals surface area (Å²) in [5.74, 6) is -1.03. The number of nitro benzene ring substituents is 1. The highest BCUT2D eigenvalue weighted by atomic mass is 19.1. The number of hydrogen-bond donors (Lipinski definition) is 2. The summed E-state index contributed by atoms with van der Waals surface area (Å²) in [6.07, 6.45) is 0. The first kappa shape index (κ1) is 14.4. The summed E-state index contributed by atoms with van der Waals surface area (Å²) >= 11 is 0. The topological polar surface area (TPSA) is 102 Å². The number of amidine groups is 1. The minimum atomic E-state index is -0.856. The summed E-state index contributed by atoms with van der Waals surface area (Å²) < 4.78 is 19.3. The van der Waals surface area contributed by atoms with Crippen LogP contribution in [0.4, 0.5) is 10.1 Å². The van der Waals surface area contributed by atoms with Gasteiger partial charge in [-0.25, -0.2) is 4.39 Å². The van der Waals surface area contributed by atoms with Gasteiger partial charge in [0.05, 0.1) is 16.6 Å². The number of halogens is 1. The molecule has 0 fully saturated rings. The predicted octanol–water partition coefficient (Wildman–Crippen LogP) is 3.12. The Bertz CT molecular complexity index is 731. The van der Waals surface area contributed by atoms with E-state index in [0.717, 1.165) is 6.07 Å². The van der Waals surface area contributed by atoms with Crippen molar-refractivity contribution >= 4 is 11.5 Å². The lowest BCUT2D eigenvalue weighted by Gasteiger charge is -2.11. The molecule has 0 atom stereocenters. The van der Waals surface area contributed by atoms with Crippen LogP contribution in [0.2, 0.25) is 0 Å². The Morgan fingerprint density at radius 2 is 2.00 bits per heavy atom. The number of nitro groups is 1. The smallest absolute Gasteiger partial charge is 0.275 e. The summed E-state index contributed by atoms with van der Waals surface area (Å²) in [6, 6.07) is 8.46. The third-order valence-electron chi connectivity index (χ3n) is 2.84. The van der Waals surface area contributed by atoms with Crippen LogP contribution >= 0.6 is 0 Å². The molecule has 0 radical (unpaired) electrons. The van der Waals surface area contributed by atoms with Crippen LogP contribution in [0.25, 0.3) is 0 Å². The van der Waals surface area contributed by atoms with Gasteiger partial charge in [0.1, 0.15) is 11.6 Å². The first-order valence-electron chi connectivity index (χ1n) is 5.96. The van der Waals surface area contributed by atoms with Gasteiger partial charge in [-0.05, 0) is 25.1 Å². The van der Waals surface area contributed by atoms with Crippen molar-refractivity contribution in [1.82, 2.24) is 0 Å². The summed E-state index contributed by atoms with van der Waals surface area (Å²) in [5, 5.41) is 18.2. The van der Waals surface area contributed by atoms with Crippen LogP contribution in [0.3, 0.4) is 0 Å². The molecule has 0 aliphatic carbocycles. The van der Waals surface area contributed by atoms with Gasteiger partial charge < -0.3 is 10.5 Å². The number of benzene rings is 2. The fourth-order valence-corrected chi connectivity index (χ4v) is 1.82. The van der Waals surface area contributed by atoms with E-state index < -0.39 is 10.7 Å². The zero-order valence-corrected chi connectivity index (χ0v) is 11.1. The summed E-state index contributed by atoms with van der Waals surface area (Å²) in [7, 11) is 0. The molecule has 7 heteroatoms. The Morgan fingerprint density at radius 3 is 2.62 bits per heavy atom. The van der Waals surface area contributed by atoms with Crippen molar-refractivity contribution in [2.24, 2.45) is 5.73 Å². The van der Waals surface area contributed by atoms with Crippen LogP contribution in [0, 0.1) is 28.3 Å². The zero-order chi connectivity index (χ0) is 15.6. The molecule has 6 nitrogen and oxygen atoms in total. The second-order valence-electron chi connectivity index (χ2n) is 4.34. The molecule has 0 unspecified atom stereocenters. The summed E-state index contributed by atoms with van der Waals surface area (Å²) in [5.41, 5.74) is 5.69. The zero-order valence-electron chi connectivity index (χ0n) is 11.1. The van der Waals surface area contributed by atoms with Gasteiger partial charge in [-0.15, -0.1) is 0 Å². The molecule has 3 N–H and O–H groups in total. The van der Waals surface area contributed by atoms with Crippen LogP contribution < -0.4 is 10.5 Å². The molecule has 21 heavy (non-hydrogen) atoms. The van der Waals surface area contributed by atoms with E-state index in [0.29, 0.717) is 5.56 Å². The Labute approximate surface area is 119 Å². The van der Waals surface area contributed by atoms with Gasteiger partial charge in [0.15, 0.2) is 11.6 Å². The largest absolute Gasteiger partial charge is 0.453 e. The average Bonchev–Trinajstić information content (AvgIpc) is 2.42. The number of hydrogen-bond acceptors (Lipinski definition) is 4. The van der Waals surface area contributed by atoms with Gasteiger partial charge in [-0.1, -0.05) is 12.1 Å². The van der Waals surface area contributed by atoms with Crippen LogP contribution in [-0.4, -0.2) is 10.8 Å². The quantitative estimate of drug-likeness (QED) is 0.390. The third kappa shape index (κ3) is 2.97. The van der Waals surface area contributed by atoms with Gasteiger partial charge in [-0.2, -0.15) is 0 Å². The van der Waals surface area contributed by atoms with Crippen molar-refractivity contribution in [3.63, 3.8) is 0 Å². The van der Waals surface area contributed by atoms with E-state index in [-0.39, 0.29) is 28.6 Å². The molecule has 0 saturated heterocycles. The van der Waals surface area contributed by atoms with E-state index in [1.807, 2.05) is 0 Å². The van der Waals surface area contributed by atoms with Crippen LogP contribution in [-0.2, 0) is 0 Å². The fraction of sp³-hybridized carbons (Fsp3) is 0.0714. The molecule has 108 valence electrons. The van der Waals surface area contributed by atoms with E-state index in [2.05, 4.69) is 0 Å². The molecule has 2 aromatic carbocycles. The van der Waals surface area contributed by atoms with Gasteiger partial charge in [-0.3, -0.25) is 15.5 Å². The molecule has 2 aromatic rings. The molecule has 0 aromatic heterocycles. The lowest BCUT2D eigenvalue weighted by atomic mass is 10.1. The minimum absolute atomic E-state index is 0.160. The van der Waals surface area contributed by atoms with Crippen LogP contribution in [0.15, 0.2) is 36.4 Å². The fourth-order valence-electron chi connectivity index (χ4n) is 1.82. The van der Waals surface area contributed by atoms with Crippen molar-refractivity contribution in [2.45, 2.75) is 6.92 Å². The van der Waals surface area contributed by atoms with Gasteiger partial charge in [0.25, 0.3) is 5.69 Å². The van der Waals surface area contributed by atoms with Gasteiger partial charge in [0, 0.05) is 5.56 Å². The number of nitrogens with one attached hydrogen (secondary N) is 1. The Balaban J connectivity index is 2.44. The maximum Gasteiger partial charge on any atom is 0.275 e. The molecule has 0 aliphatic rings. The summed E-state index contributed by atoms with van der Waals surface area (Å²) in [6.45, 7) is 1.49. The van der Waals surface area contributed by atoms with E-state index >= 15 is 0 Å². The van der Waals surface area contributed by atoms with Gasteiger partial charge >= 0.3 is 0 Å². The van der Waals surface area contributed by atoms with E-state index in [1.165, 1.54) is 19.1 Å². The van der Waals surface area contributed by atoms with Gasteiger partial charge in [0.2, 0.25) is 0 Å². The van der Waals surface area contributed by atoms with Crippen molar-refractivity contribution in [3.8, 4) is 11.5 Å². The van der Waals surface area contributed by atoms with Crippen molar-refractivity contribution in [3.05, 3.63) is 63.5 Å². The highest BCUT2D eigenvalue weighted by molar-refractivity contribution is 5.97. The number of ether oxygens (including phenoxy) is 1. The van der Waals surface area contributed by atoms with E-state index in [1.54, 1.807) is 18.2 Å². The lowest BCUT2D eigenvalue weighted by Crippen LogP contribution is -2.12. The van der Waals surface area contributed by atoms with E-state index in [4.69, 9.17) is 15.9 Å². The Hall–Kier alpha value is -2.96. The predicted molar refractivity (Wildman–Crippen MR) is 75.3 cm³/mol. The molecule has 2 rings (SSSR count). The number of aryl methyl sites for hydroxylation is 1. The third-order valence-corrected chi connectivity index (χ3v) is 2.84. The minimum Gasteiger partial charge on any atom is -0.453 e. The molecule has 0 amide bonds. The van der Waals surface area contributed by atoms with Crippen molar-refractivity contribution < 1.29 is 14.1 Å². The lowest BCUT2D eigenvalue weighted by molar-refractivity contribution is -0.385. The van der Waals surface area contributed by atoms with Crippen molar-refractivity contribution in [2.75, 3.05) is 0 Å². The number of nitrogens with zero attached hydrogens (tertiary/aromatic N) is 1. The Kier molecular flexibility index (Phi) is 3.84. The summed E-state index contributed by atoms with van der Waals surface area (Å²) in [4.78, 5) is 10.1. The molecule has 0 bridgehead atoms. The molecule has 0 heterocycles. The SMILES string of the molecule is Cc1cc(Oc2ccccc2C(=N)N)c(F)cc1[N+](=O)[O-]. The molecule has 0 aliphatic heterocycles. The monoisotopic (exact) mass is 289 g/mol. The molecular formula is C14H12FN3O3. The second-order valence-corrected chi connectivity index (χ2v) is 4.34. The van der Waals surface area contributed by atoms with Crippen LogP contribution in [0.1, 0.15) is 11.1 Å². The number of nitrogen functional groups attached to an aromatic ring is 1. The molecule has 0 spiro atoms. The molecular weight excluding hydrogens is 277 g/mol. The number of rotatable bonds is 4. The number of para-hydroxylation sites is 1.